The topological polar surface area (TPSA) is 32.8 Å². The molecule has 3 rings (SSSR count). The predicted octanol–water partition coefficient (Wildman–Crippen LogP) is 4.24. The van der Waals surface area contributed by atoms with E-state index in [2.05, 4.69) is 52.6 Å². The second kappa shape index (κ2) is 4.37. The smallest absolute Gasteiger partial charge is 0.101 e. The first-order chi connectivity index (χ1) is 8.99. The van der Waals surface area contributed by atoms with Crippen LogP contribution in [0.1, 0.15) is 47.0 Å². The fourth-order valence-electron chi connectivity index (χ4n) is 4.87. The van der Waals surface area contributed by atoms with Gasteiger partial charge in [-0.2, -0.15) is 0 Å². The minimum atomic E-state index is -0.441. The molecule has 1 spiro atoms. The maximum absolute atomic E-state index is 11.0. The van der Waals surface area contributed by atoms with Gasteiger partial charge in [0.15, 0.2) is 0 Å². The lowest BCUT2D eigenvalue weighted by atomic mass is 9.46. The van der Waals surface area contributed by atoms with Crippen LogP contribution in [-0.4, -0.2) is 37.4 Å². The van der Waals surface area contributed by atoms with Crippen LogP contribution in [0.25, 0.3) is 0 Å². The minimum Gasteiger partial charge on any atom is -0.392 e. The van der Waals surface area contributed by atoms with Crippen LogP contribution < -0.4 is 0 Å². The quantitative estimate of drug-likeness (QED) is 0.461. The van der Waals surface area contributed by atoms with Gasteiger partial charge in [0.2, 0.25) is 0 Å². The average molecular weight is 431 g/mol. The number of alkyl halides is 3. The number of hydrogen-bond acceptors (Lipinski definition) is 2. The first-order valence-corrected chi connectivity index (χ1v) is 9.53. The summed E-state index contributed by atoms with van der Waals surface area (Å²) in [5.41, 5.74) is -0.535. The Balaban J connectivity index is 2.08. The highest BCUT2D eigenvalue weighted by atomic mass is 79.9. The Morgan fingerprint density at radius 2 is 1.70 bits per heavy atom. The van der Waals surface area contributed by atoms with Crippen molar-refractivity contribution in [1.29, 1.82) is 0 Å². The number of fused-ring (bicyclic) bond motifs is 2. The molecule has 2 aliphatic carbocycles. The molecule has 1 heterocycles. The van der Waals surface area contributed by atoms with Gasteiger partial charge in [0, 0.05) is 15.1 Å². The van der Waals surface area contributed by atoms with Crippen LogP contribution in [0.2, 0.25) is 0 Å². The van der Waals surface area contributed by atoms with Crippen LogP contribution in [-0.2, 0) is 4.74 Å². The first kappa shape index (κ1) is 16.0. The van der Waals surface area contributed by atoms with E-state index in [-0.39, 0.29) is 27.4 Å². The van der Waals surface area contributed by atoms with Gasteiger partial charge in [0.1, 0.15) is 5.60 Å². The Morgan fingerprint density at radius 1 is 1.10 bits per heavy atom. The Bertz CT molecular complexity index is 442. The van der Waals surface area contributed by atoms with Crippen molar-refractivity contribution in [1.82, 2.24) is 0 Å². The molecule has 0 aromatic heterocycles. The second-order valence-corrected chi connectivity index (χ2v) is 10.9. The highest BCUT2D eigenvalue weighted by Crippen LogP contribution is 2.72. The van der Waals surface area contributed by atoms with E-state index in [0.29, 0.717) is 11.2 Å². The summed E-state index contributed by atoms with van der Waals surface area (Å²) in [4.78, 5) is 0.129. The van der Waals surface area contributed by atoms with E-state index < -0.39 is 11.0 Å². The summed E-state index contributed by atoms with van der Waals surface area (Å²) >= 11 is 14.2. The van der Waals surface area contributed by atoms with Crippen LogP contribution >= 0.6 is 43.5 Å². The standard InChI is InChI=1S/C15H23Br2ClO2/c1-12(2)8(16)5-11-14(4,20-11)15(12)6-9(17)13(3,18)7-10(15)19/h8-11,19H,5-7H2,1-4H3/t8-,9?,10?,11+,13?,14+,15-/m0/s1. The van der Waals surface area contributed by atoms with Gasteiger partial charge < -0.3 is 9.84 Å². The van der Waals surface area contributed by atoms with Crippen molar-refractivity contribution >= 4 is 43.5 Å². The molecule has 7 atom stereocenters. The van der Waals surface area contributed by atoms with Crippen LogP contribution in [0.5, 0.6) is 0 Å². The number of rotatable bonds is 0. The molecule has 5 heteroatoms. The summed E-state index contributed by atoms with van der Waals surface area (Å²) < 4.78 is 6.10. The predicted molar refractivity (Wildman–Crippen MR) is 89.0 cm³/mol. The molecule has 0 amide bonds. The van der Waals surface area contributed by atoms with E-state index in [1.807, 2.05) is 6.92 Å². The molecule has 0 aromatic rings. The minimum absolute atomic E-state index is 0.0480. The molecule has 0 aromatic carbocycles. The molecule has 1 N–H and O–H groups in total. The molecule has 116 valence electrons. The zero-order chi connectivity index (χ0) is 15.1. The van der Waals surface area contributed by atoms with Crippen molar-refractivity contribution in [2.45, 2.75) is 79.3 Å². The number of aliphatic hydroxyl groups excluding tert-OH is 1. The monoisotopic (exact) mass is 428 g/mol. The second-order valence-electron chi connectivity index (χ2n) is 7.78. The van der Waals surface area contributed by atoms with Crippen LogP contribution in [0.4, 0.5) is 0 Å². The van der Waals surface area contributed by atoms with Gasteiger partial charge in [-0.3, -0.25) is 0 Å². The van der Waals surface area contributed by atoms with Gasteiger partial charge >= 0.3 is 0 Å². The van der Waals surface area contributed by atoms with Crippen LogP contribution in [0.15, 0.2) is 0 Å². The molecule has 2 saturated carbocycles. The molecular weight excluding hydrogens is 407 g/mol. The van der Waals surface area contributed by atoms with Crippen molar-refractivity contribution in [3.63, 3.8) is 0 Å². The van der Waals surface area contributed by atoms with E-state index in [9.17, 15) is 5.11 Å². The van der Waals surface area contributed by atoms with Crippen LogP contribution in [0.3, 0.4) is 0 Å². The fourth-order valence-corrected chi connectivity index (χ4v) is 6.54. The van der Waals surface area contributed by atoms with Crippen molar-refractivity contribution in [3.8, 4) is 0 Å². The molecule has 20 heavy (non-hydrogen) atoms. The third-order valence-electron chi connectivity index (χ3n) is 6.50. The third-order valence-corrected chi connectivity index (χ3v) is 10.0. The Morgan fingerprint density at radius 3 is 2.30 bits per heavy atom. The highest BCUT2D eigenvalue weighted by Gasteiger charge is 2.78. The average Bonchev–Trinajstić information content (AvgIpc) is 2.94. The Labute approximate surface area is 143 Å². The van der Waals surface area contributed by atoms with Gasteiger partial charge in [0.05, 0.1) is 17.1 Å². The van der Waals surface area contributed by atoms with Gasteiger partial charge in [-0.15, -0.1) is 11.6 Å². The molecule has 0 bridgehead atoms. The van der Waals surface area contributed by atoms with Crippen LogP contribution in [0, 0.1) is 10.8 Å². The normalized spacial score (nSPS) is 61.2. The number of aliphatic hydroxyl groups is 1. The Kier molecular flexibility index (Phi) is 3.51. The van der Waals surface area contributed by atoms with Crippen molar-refractivity contribution in [2.75, 3.05) is 0 Å². The molecule has 3 fully saturated rings. The number of epoxide rings is 1. The molecule has 1 aliphatic heterocycles. The van der Waals surface area contributed by atoms with E-state index in [1.165, 1.54) is 0 Å². The van der Waals surface area contributed by atoms with E-state index in [4.69, 9.17) is 16.3 Å². The van der Waals surface area contributed by atoms with Gasteiger partial charge in [-0.05, 0) is 38.5 Å². The van der Waals surface area contributed by atoms with Gasteiger partial charge in [0.25, 0.3) is 0 Å². The van der Waals surface area contributed by atoms with E-state index in [1.54, 1.807) is 0 Å². The largest absolute Gasteiger partial charge is 0.392 e. The summed E-state index contributed by atoms with van der Waals surface area (Å²) in [5.74, 6) is 0. The van der Waals surface area contributed by atoms with Crippen molar-refractivity contribution in [2.24, 2.45) is 10.8 Å². The lowest BCUT2D eigenvalue weighted by Crippen LogP contribution is -2.67. The number of ether oxygens (including phenoxy) is 1. The Hall–Kier alpha value is 1.17. The molecule has 3 unspecified atom stereocenters. The number of halogens is 3. The van der Waals surface area contributed by atoms with Gasteiger partial charge in [-0.25, -0.2) is 0 Å². The molecule has 1 saturated heterocycles. The molecule has 3 aliphatic rings. The lowest BCUT2D eigenvalue weighted by molar-refractivity contribution is -0.143. The summed E-state index contributed by atoms with van der Waals surface area (Å²) in [6, 6.07) is 0. The SMILES string of the molecule is CC1(Cl)CC(O)[C@@]2(CC1Br)C(C)(C)[C@@H](Br)C[C@H]1O[C@]12C. The summed E-state index contributed by atoms with van der Waals surface area (Å²) in [6.07, 6.45) is 2.27. The highest BCUT2D eigenvalue weighted by molar-refractivity contribution is 9.09. The first-order valence-electron chi connectivity index (χ1n) is 7.32. The lowest BCUT2D eigenvalue weighted by Gasteiger charge is -2.61. The molecule has 2 nitrogen and oxygen atoms in total. The van der Waals surface area contributed by atoms with E-state index >= 15 is 0 Å². The van der Waals surface area contributed by atoms with Crippen molar-refractivity contribution < 1.29 is 9.84 Å². The molecular formula is C15H23Br2ClO2. The third kappa shape index (κ3) is 1.75. The van der Waals surface area contributed by atoms with Crippen molar-refractivity contribution in [3.05, 3.63) is 0 Å². The molecule has 0 radical (unpaired) electrons. The van der Waals surface area contributed by atoms with Gasteiger partial charge in [-0.1, -0.05) is 45.7 Å². The summed E-state index contributed by atoms with van der Waals surface area (Å²) in [5, 5.41) is 11.0. The zero-order valence-corrected chi connectivity index (χ0v) is 16.3. The maximum Gasteiger partial charge on any atom is 0.101 e. The van der Waals surface area contributed by atoms with E-state index in [0.717, 1.165) is 12.8 Å². The zero-order valence-electron chi connectivity index (χ0n) is 12.4. The summed E-state index contributed by atoms with van der Waals surface area (Å²) in [7, 11) is 0. The maximum atomic E-state index is 11.0. The number of hydrogen-bond donors (Lipinski definition) is 1. The summed E-state index contributed by atoms with van der Waals surface area (Å²) in [6.45, 7) is 8.71. The fraction of sp³-hybridized carbons (Fsp3) is 1.00.